The lowest BCUT2D eigenvalue weighted by Gasteiger charge is -2.04. The second-order valence-corrected chi connectivity index (χ2v) is 4.56. The van der Waals surface area contributed by atoms with Gasteiger partial charge in [0.2, 0.25) is 0 Å². The van der Waals surface area contributed by atoms with Gasteiger partial charge in [0.25, 0.3) is 0 Å². The van der Waals surface area contributed by atoms with Crippen LogP contribution in [0.2, 0.25) is 10.0 Å². The van der Waals surface area contributed by atoms with Crippen LogP contribution in [0, 0.1) is 0 Å². The lowest BCUT2D eigenvalue weighted by Crippen LogP contribution is -2.11. The molecular formula is C12H11Cl2N3O. The maximum absolute atomic E-state index is 12.1. The number of carbonyl (C=O) groups excluding carboxylic acids is 1. The van der Waals surface area contributed by atoms with E-state index in [-0.39, 0.29) is 12.2 Å². The fourth-order valence-electron chi connectivity index (χ4n) is 1.64. The van der Waals surface area contributed by atoms with Gasteiger partial charge in [-0.2, -0.15) is 5.10 Å². The normalized spacial score (nSPS) is 10.6. The zero-order valence-corrected chi connectivity index (χ0v) is 11.2. The molecule has 1 aromatic carbocycles. The third-order valence-electron chi connectivity index (χ3n) is 2.55. The predicted molar refractivity (Wildman–Crippen MR) is 70.2 cm³/mol. The van der Waals surface area contributed by atoms with Crippen molar-refractivity contribution in [2.75, 3.05) is 0 Å². The van der Waals surface area contributed by atoms with Crippen molar-refractivity contribution in [3.63, 3.8) is 0 Å². The number of hydrogen-bond acceptors (Lipinski definition) is 3. The van der Waals surface area contributed by atoms with E-state index >= 15 is 0 Å². The van der Waals surface area contributed by atoms with E-state index in [1.165, 1.54) is 6.33 Å². The Morgan fingerprint density at radius 2 is 2.17 bits per heavy atom. The topological polar surface area (TPSA) is 47.8 Å². The highest BCUT2D eigenvalue weighted by molar-refractivity contribution is 6.36. The lowest BCUT2D eigenvalue weighted by atomic mass is 10.1. The second-order valence-electron chi connectivity index (χ2n) is 3.72. The molecule has 0 unspecified atom stereocenters. The second kappa shape index (κ2) is 5.50. The van der Waals surface area contributed by atoms with Crippen LogP contribution in [0.25, 0.3) is 0 Å². The van der Waals surface area contributed by atoms with Gasteiger partial charge in [0, 0.05) is 17.1 Å². The van der Waals surface area contributed by atoms with Crippen LogP contribution in [-0.2, 0) is 13.0 Å². The molecule has 0 aliphatic rings. The molecule has 0 N–H and O–H groups in total. The smallest absolute Gasteiger partial charge is 0.171 e. The molecule has 1 heterocycles. The van der Waals surface area contributed by atoms with Gasteiger partial charge in [0.05, 0.1) is 11.4 Å². The van der Waals surface area contributed by atoms with Crippen molar-refractivity contribution in [3.8, 4) is 0 Å². The number of benzene rings is 1. The fraction of sp³-hybridized carbons (Fsp3) is 0.250. The summed E-state index contributed by atoms with van der Waals surface area (Å²) in [7, 11) is 0. The van der Waals surface area contributed by atoms with Gasteiger partial charge in [-0.1, -0.05) is 23.2 Å². The summed E-state index contributed by atoms with van der Waals surface area (Å²) in [6.07, 6.45) is 1.62. The number of ketones is 1. The van der Waals surface area contributed by atoms with E-state index in [4.69, 9.17) is 23.2 Å². The highest BCUT2D eigenvalue weighted by atomic mass is 35.5. The number of rotatable bonds is 4. The van der Waals surface area contributed by atoms with Crippen molar-refractivity contribution in [1.82, 2.24) is 14.8 Å². The molecule has 4 nitrogen and oxygen atoms in total. The Morgan fingerprint density at radius 3 is 2.83 bits per heavy atom. The molecule has 0 spiro atoms. The summed E-state index contributed by atoms with van der Waals surface area (Å²) in [5.41, 5.74) is 0.451. The van der Waals surface area contributed by atoms with Gasteiger partial charge < -0.3 is 0 Å². The maximum atomic E-state index is 12.1. The zero-order chi connectivity index (χ0) is 13.1. The van der Waals surface area contributed by atoms with E-state index in [0.717, 1.165) is 0 Å². The summed E-state index contributed by atoms with van der Waals surface area (Å²) in [5, 5.41) is 4.88. The van der Waals surface area contributed by atoms with E-state index in [1.807, 2.05) is 6.92 Å². The summed E-state index contributed by atoms with van der Waals surface area (Å²) >= 11 is 11.8. The Bertz CT molecular complexity index is 580. The largest absolute Gasteiger partial charge is 0.294 e. The molecule has 0 aliphatic carbocycles. The van der Waals surface area contributed by atoms with E-state index in [0.29, 0.717) is 28.0 Å². The Balaban J connectivity index is 2.22. The molecule has 0 aliphatic heterocycles. The number of halogens is 2. The molecule has 6 heteroatoms. The van der Waals surface area contributed by atoms with E-state index in [9.17, 15) is 4.79 Å². The molecule has 0 saturated carbocycles. The number of nitrogens with zero attached hydrogens (tertiary/aromatic N) is 3. The molecule has 0 amide bonds. The van der Waals surface area contributed by atoms with Crippen molar-refractivity contribution in [2.45, 2.75) is 19.9 Å². The lowest BCUT2D eigenvalue weighted by molar-refractivity contribution is 0.0989. The molecule has 2 aromatic rings. The van der Waals surface area contributed by atoms with Crippen LogP contribution in [0.4, 0.5) is 0 Å². The van der Waals surface area contributed by atoms with Crippen LogP contribution in [0.15, 0.2) is 24.5 Å². The van der Waals surface area contributed by atoms with Crippen LogP contribution < -0.4 is 0 Å². The first kappa shape index (κ1) is 13.1. The van der Waals surface area contributed by atoms with Crippen molar-refractivity contribution < 1.29 is 4.79 Å². The van der Waals surface area contributed by atoms with Crippen molar-refractivity contribution >= 4 is 29.0 Å². The Kier molecular flexibility index (Phi) is 3.99. The standard InChI is InChI=1S/C12H11Cl2N3O/c1-2-17-12(15-7-16-17)6-11(18)9-4-3-8(13)5-10(9)14/h3-5,7H,2,6H2,1H3. The first-order valence-corrected chi connectivity index (χ1v) is 6.22. The molecule has 0 radical (unpaired) electrons. The first-order chi connectivity index (χ1) is 8.61. The summed E-state index contributed by atoms with van der Waals surface area (Å²) in [4.78, 5) is 16.2. The zero-order valence-electron chi connectivity index (χ0n) is 9.73. The molecule has 0 atom stereocenters. The van der Waals surface area contributed by atoms with Gasteiger partial charge in [-0.25, -0.2) is 9.67 Å². The van der Waals surface area contributed by atoms with Crippen LogP contribution >= 0.6 is 23.2 Å². The number of Topliss-reactive ketones (excluding diaryl/α,β-unsaturated/α-hetero) is 1. The van der Waals surface area contributed by atoms with Crippen LogP contribution in [0.3, 0.4) is 0 Å². The van der Waals surface area contributed by atoms with E-state index in [1.54, 1.807) is 22.9 Å². The minimum absolute atomic E-state index is 0.0978. The third-order valence-corrected chi connectivity index (χ3v) is 3.09. The average Bonchev–Trinajstić information content (AvgIpc) is 2.76. The number of carbonyl (C=O) groups is 1. The molecule has 0 fully saturated rings. The van der Waals surface area contributed by atoms with Crippen LogP contribution in [-0.4, -0.2) is 20.5 Å². The van der Waals surface area contributed by atoms with Gasteiger partial charge in [-0.05, 0) is 25.1 Å². The van der Waals surface area contributed by atoms with Crippen LogP contribution in [0.5, 0.6) is 0 Å². The Morgan fingerprint density at radius 1 is 1.39 bits per heavy atom. The predicted octanol–water partition coefficient (Wildman–Crippen LogP) is 3.03. The number of aryl methyl sites for hydroxylation is 1. The summed E-state index contributed by atoms with van der Waals surface area (Å²) in [5.74, 6) is 0.535. The van der Waals surface area contributed by atoms with E-state index < -0.39 is 0 Å². The molecule has 18 heavy (non-hydrogen) atoms. The number of hydrogen-bond donors (Lipinski definition) is 0. The molecule has 1 aromatic heterocycles. The van der Waals surface area contributed by atoms with Gasteiger partial charge in [-0.15, -0.1) is 0 Å². The molecule has 0 bridgehead atoms. The van der Waals surface area contributed by atoms with Crippen molar-refractivity contribution in [1.29, 1.82) is 0 Å². The maximum Gasteiger partial charge on any atom is 0.171 e. The summed E-state index contributed by atoms with van der Waals surface area (Å²) < 4.78 is 1.68. The monoisotopic (exact) mass is 283 g/mol. The quantitative estimate of drug-likeness (QED) is 0.811. The van der Waals surface area contributed by atoms with Gasteiger partial charge in [0.1, 0.15) is 12.2 Å². The van der Waals surface area contributed by atoms with Gasteiger partial charge in [0.15, 0.2) is 5.78 Å². The van der Waals surface area contributed by atoms with Gasteiger partial charge in [-0.3, -0.25) is 4.79 Å². The molecule has 94 valence electrons. The molecular weight excluding hydrogens is 273 g/mol. The first-order valence-electron chi connectivity index (χ1n) is 5.46. The molecule has 0 saturated heterocycles. The third kappa shape index (κ3) is 2.71. The van der Waals surface area contributed by atoms with Crippen molar-refractivity contribution in [2.24, 2.45) is 0 Å². The Labute approximate surface area is 115 Å². The Hall–Kier alpha value is -1.39. The highest BCUT2D eigenvalue weighted by Crippen LogP contribution is 2.22. The average molecular weight is 284 g/mol. The van der Waals surface area contributed by atoms with Crippen molar-refractivity contribution in [3.05, 3.63) is 46.0 Å². The SMILES string of the molecule is CCn1ncnc1CC(=O)c1ccc(Cl)cc1Cl. The number of aromatic nitrogens is 3. The van der Waals surface area contributed by atoms with Gasteiger partial charge >= 0.3 is 0 Å². The van der Waals surface area contributed by atoms with E-state index in [2.05, 4.69) is 10.1 Å². The highest BCUT2D eigenvalue weighted by Gasteiger charge is 2.14. The minimum Gasteiger partial charge on any atom is -0.294 e. The fourth-order valence-corrected chi connectivity index (χ4v) is 2.16. The minimum atomic E-state index is -0.0978. The van der Waals surface area contributed by atoms with Crippen LogP contribution in [0.1, 0.15) is 23.1 Å². The summed E-state index contributed by atoms with van der Waals surface area (Å²) in [6.45, 7) is 2.62. The summed E-state index contributed by atoms with van der Waals surface area (Å²) in [6, 6.07) is 4.83. The molecule has 2 rings (SSSR count).